The van der Waals surface area contributed by atoms with Gasteiger partial charge in [0.1, 0.15) is 0 Å². The Kier molecular flexibility index (Phi) is 4.15. The van der Waals surface area contributed by atoms with Gasteiger partial charge in [-0.25, -0.2) is 4.79 Å². The van der Waals surface area contributed by atoms with Gasteiger partial charge in [0, 0.05) is 5.56 Å². The van der Waals surface area contributed by atoms with Crippen molar-refractivity contribution in [1.29, 1.82) is 0 Å². The number of fused-ring (bicyclic) bond motifs is 1. The second-order valence-corrected chi connectivity index (χ2v) is 3.59. The van der Waals surface area contributed by atoms with Gasteiger partial charge >= 0.3 is 5.97 Å². The highest BCUT2D eigenvalue weighted by Gasteiger charge is 2.39. The summed E-state index contributed by atoms with van der Waals surface area (Å²) >= 11 is 0. The van der Waals surface area contributed by atoms with Crippen LogP contribution in [0, 0.1) is 0 Å². The molecule has 0 radical (unpaired) electrons. The summed E-state index contributed by atoms with van der Waals surface area (Å²) in [5.74, 6) is -0.466. The summed E-state index contributed by atoms with van der Waals surface area (Å²) < 4.78 is 4.98. The van der Waals surface area contributed by atoms with Crippen LogP contribution in [0.4, 0.5) is 0 Å². The van der Waals surface area contributed by atoms with Crippen LogP contribution in [-0.2, 0) is 15.2 Å². The van der Waals surface area contributed by atoms with Crippen LogP contribution in [0.1, 0.15) is 18.1 Å². The first-order valence-electron chi connectivity index (χ1n) is 5.18. The van der Waals surface area contributed by atoms with Crippen molar-refractivity contribution in [1.82, 2.24) is 5.32 Å². The highest BCUT2D eigenvalue weighted by Crippen LogP contribution is 2.25. The minimum Gasteiger partial charge on any atom is -0.463 e. The van der Waals surface area contributed by atoms with E-state index in [0.717, 1.165) is 11.1 Å². The van der Waals surface area contributed by atoms with E-state index in [1.807, 2.05) is 30.3 Å². The van der Waals surface area contributed by atoms with Crippen LogP contribution in [-0.4, -0.2) is 12.6 Å². The third kappa shape index (κ3) is 2.28. The molecule has 1 aromatic rings. The van der Waals surface area contributed by atoms with Gasteiger partial charge < -0.3 is 10.1 Å². The highest BCUT2D eigenvalue weighted by atomic mass is 35.5. The largest absolute Gasteiger partial charge is 0.463 e. The van der Waals surface area contributed by atoms with Crippen LogP contribution in [0.5, 0.6) is 0 Å². The Bertz CT molecular complexity index is 448. The molecule has 0 bridgehead atoms. The average molecular weight is 255 g/mol. The first-order valence-corrected chi connectivity index (χ1v) is 5.18. The predicted octanol–water partition coefficient (Wildman–Crippen LogP) is 1.36. The van der Waals surface area contributed by atoms with Crippen molar-refractivity contribution in [3.8, 4) is 0 Å². The van der Waals surface area contributed by atoms with E-state index in [9.17, 15) is 4.79 Å². The van der Waals surface area contributed by atoms with Crippen LogP contribution in [0.25, 0.3) is 6.08 Å². The first kappa shape index (κ1) is 13.5. The topological polar surface area (TPSA) is 64.3 Å². The molecule has 0 amide bonds. The monoisotopic (exact) mass is 254 g/mol. The minimum atomic E-state index is -1.28. The van der Waals surface area contributed by atoms with Gasteiger partial charge in [0.05, 0.1) is 6.61 Å². The fourth-order valence-corrected chi connectivity index (χ4v) is 1.76. The molecule has 1 aliphatic heterocycles. The lowest BCUT2D eigenvalue weighted by atomic mass is 9.92. The maximum Gasteiger partial charge on any atom is 0.351 e. The SMILES string of the molecule is CCOC(=O)C1(N)NC=Cc2ccccc21.Cl. The summed E-state index contributed by atoms with van der Waals surface area (Å²) in [6, 6.07) is 7.48. The Morgan fingerprint density at radius 2 is 2.18 bits per heavy atom. The molecular weight excluding hydrogens is 240 g/mol. The van der Waals surface area contributed by atoms with Crippen molar-refractivity contribution < 1.29 is 9.53 Å². The number of carbonyl (C=O) groups is 1. The van der Waals surface area contributed by atoms with E-state index in [1.165, 1.54) is 0 Å². The molecule has 1 aliphatic rings. The number of esters is 1. The Balaban J connectivity index is 0.00000144. The summed E-state index contributed by atoms with van der Waals surface area (Å²) in [6.45, 7) is 2.07. The summed E-state index contributed by atoms with van der Waals surface area (Å²) in [6.07, 6.45) is 3.54. The smallest absolute Gasteiger partial charge is 0.351 e. The number of carbonyl (C=O) groups excluding carboxylic acids is 1. The van der Waals surface area contributed by atoms with Crippen LogP contribution < -0.4 is 11.1 Å². The molecule has 0 saturated heterocycles. The molecule has 3 N–H and O–H groups in total. The zero-order valence-corrected chi connectivity index (χ0v) is 10.3. The number of rotatable bonds is 2. The van der Waals surface area contributed by atoms with Crippen molar-refractivity contribution >= 4 is 24.5 Å². The molecule has 4 nitrogen and oxygen atoms in total. The van der Waals surface area contributed by atoms with E-state index in [1.54, 1.807) is 13.1 Å². The zero-order valence-electron chi connectivity index (χ0n) is 9.47. The van der Waals surface area contributed by atoms with Crippen molar-refractivity contribution in [3.05, 3.63) is 41.6 Å². The normalized spacial score (nSPS) is 20.8. The molecule has 0 fully saturated rings. The lowest BCUT2D eigenvalue weighted by molar-refractivity contribution is -0.151. The summed E-state index contributed by atoms with van der Waals surface area (Å²) in [4.78, 5) is 11.8. The summed E-state index contributed by atoms with van der Waals surface area (Å²) in [5, 5.41) is 2.86. The molecule has 17 heavy (non-hydrogen) atoms. The standard InChI is InChI=1S/C12H14N2O2.ClH/c1-2-16-11(15)12(13)10-6-4-3-5-9(10)7-8-14-12;/h3-8,14H,2,13H2,1H3;1H. The Hall–Kier alpha value is -1.52. The number of ether oxygens (including phenoxy) is 1. The lowest BCUT2D eigenvalue weighted by Gasteiger charge is -2.31. The number of benzene rings is 1. The molecule has 2 rings (SSSR count). The van der Waals surface area contributed by atoms with Crippen molar-refractivity contribution in [2.24, 2.45) is 5.73 Å². The van der Waals surface area contributed by atoms with Gasteiger partial charge in [-0.15, -0.1) is 12.4 Å². The Morgan fingerprint density at radius 3 is 2.88 bits per heavy atom. The van der Waals surface area contributed by atoms with Crippen LogP contribution in [0.15, 0.2) is 30.5 Å². The number of halogens is 1. The molecule has 1 unspecified atom stereocenters. The van der Waals surface area contributed by atoms with E-state index in [2.05, 4.69) is 5.32 Å². The number of hydrogen-bond donors (Lipinski definition) is 2. The van der Waals surface area contributed by atoms with Crippen LogP contribution >= 0.6 is 12.4 Å². The fourth-order valence-electron chi connectivity index (χ4n) is 1.76. The van der Waals surface area contributed by atoms with Gasteiger partial charge in [-0.05, 0) is 24.8 Å². The van der Waals surface area contributed by atoms with Gasteiger partial charge in [0.25, 0.3) is 0 Å². The van der Waals surface area contributed by atoms with Gasteiger partial charge in [-0.1, -0.05) is 24.3 Å². The van der Waals surface area contributed by atoms with E-state index in [4.69, 9.17) is 10.5 Å². The van der Waals surface area contributed by atoms with E-state index < -0.39 is 11.6 Å². The number of nitrogens with two attached hydrogens (primary N) is 1. The van der Waals surface area contributed by atoms with E-state index in [0.29, 0.717) is 6.61 Å². The maximum absolute atomic E-state index is 11.8. The molecule has 5 heteroatoms. The zero-order chi connectivity index (χ0) is 11.6. The van der Waals surface area contributed by atoms with Gasteiger partial charge in [-0.2, -0.15) is 0 Å². The Labute approximate surface area is 106 Å². The molecule has 0 aliphatic carbocycles. The molecule has 0 spiro atoms. The molecule has 0 aromatic heterocycles. The third-order valence-corrected chi connectivity index (χ3v) is 2.56. The first-order chi connectivity index (χ1) is 7.68. The molecule has 0 saturated carbocycles. The predicted molar refractivity (Wildman–Crippen MR) is 68.4 cm³/mol. The van der Waals surface area contributed by atoms with Crippen LogP contribution in [0.3, 0.4) is 0 Å². The van der Waals surface area contributed by atoms with Gasteiger partial charge in [-0.3, -0.25) is 5.73 Å². The molecule has 92 valence electrons. The van der Waals surface area contributed by atoms with Crippen molar-refractivity contribution in [2.45, 2.75) is 12.6 Å². The van der Waals surface area contributed by atoms with Gasteiger partial charge in [0.2, 0.25) is 5.66 Å². The fraction of sp³-hybridized carbons (Fsp3) is 0.250. The average Bonchev–Trinajstić information content (AvgIpc) is 2.30. The molecule has 1 atom stereocenters. The minimum absolute atomic E-state index is 0. The van der Waals surface area contributed by atoms with Crippen molar-refractivity contribution in [3.63, 3.8) is 0 Å². The van der Waals surface area contributed by atoms with Crippen molar-refractivity contribution in [2.75, 3.05) is 6.61 Å². The van der Waals surface area contributed by atoms with E-state index in [-0.39, 0.29) is 12.4 Å². The van der Waals surface area contributed by atoms with E-state index >= 15 is 0 Å². The quantitative estimate of drug-likeness (QED) is 0.783. The Morgan fingerprint density at radius 1 is 1.47 bits per heavy atom. The molecule has 1 aromatic carbocycles. The van der Waals surface area contributed by atoms with Crippen LogP contribution in [0.2, 0.25) is 0 Å². The summed E-state index contributed by atoms with van der Waals surface area (Å²) in [5.41, 5.74) is 6.45. The third-order valence-electron chi connectivity index (χ3n) is 2.56. The lowest BCUT2D eigenvalue weighted by Crippen LogP contribution is -2.56. The maximum atomic E-state index is 11.8. The number of nitrogens with one attached hydrogen (secondary N) is 1. The van der Waals surface area contributed by atoms with Gasteiger partial charge in [0.15, 0.2) is 0 Å². The highest BCUT2D eigenvalue weighted by molar-refractivity contribution is 5.85. The molecule has 1 heterocycles. The summed E-state index contributed by atoms with van der Waals surface area (Å²) in [7, 11) is 0. The second kappa shape index (κ2) is 5.21. The second-order valence-electron chi connectivity index (χ2n) is 3.59. The molecular formula is C12H15ClN2O2. The number of hydrogen-bond acceptors (Lipinski definition) is 4.